The first kappa shape index (κ1) is 26.5. The van der Waals surface area contributed by atoms with Crippen molar-refractivity contribution in [1.29, 1.82) is 0 Å². The van der Waals surface area contributed by atoms with Crippen molar-refractivity contribution >= 4 is 28.5 Å². The molecule has 8 nitrogen and oxygen atoms in total. The Kier molecular flexibility index (Phi) is 7.78. The molecule has 3 aromatic rings. The summed E-state index contributed by atoms with van der Waals surface area (Å²) in [4.78, 5) is 39.3. The number of carbonyl (C=O) groups excluding carboxylic acids is 2. The third-order valence-electron chi connectivity index (χ3n) is 7.20. The van der Waals surface area contributed by atoms with Gasteiger partial charge in [0.25, 0.3) is 5.91 Å². The molecule has 0 bridgehead atoms. The average molecular weight is 503 g/mol. The van der Waals surface area contributed by atoms with E-state index in [9.17, 15) is 9.59 Å². The second-order valence-corrected chi connectivity index (χ2v) is 10.6. The zero-order valence-electron chi connectivity index (χ0n) is 22.7. The number of aromatic nitrogens is 2. The SMILES string of the molecule is Cc1cc(C)c(C(=O)N2CCN(Cc3nc(N[C@H](C(N)=O)C(C)C)c4ccccc4n3)[C@@H](C)C2)c(C)c1. The topological polar surface area (TPSA) is 104 Å². The van der Waals surface area contributed by atoms with Gasteiger partial charge in [-0.25, -0.2) is 9.97 Å². The fraction of sp³-hybridized carbons (Fsp3) is 0.448. The number of para-hydroxylation sites is 1. The maximum Gasteiger partial charge on any atom is 0.254 e. The smallest absolute Gasteiger partial charge is 0.254 e. The highest BCUT2D eigenvalue weighted by Gasteiger charge is 2.29. The van der Waals surface area contributed by atoms with Crippen molar-refractivity contribution in [2.45, 2.75) is 60.2 Å². The summed E-state index contributed by atoms with van der Waals surface area (Å²) < 4.78 is 0. The zero-order chi connectivity index (χ0) is 26.9. The molecular weight excluding hydrogens is 464 g/mol. The lowest BCUT2D eigenvalue weighted by molar-refractivity contribution is -0.119. The third-order valence-corrected chi connectivity index (χ3v) is 7.20. The lowest BCUT2D eigenvalue weighted by atomic mass is 9.98. The van der Waals surface area contributed by atoms with E-state index in [0.717, 1.165) is 34.1 Å². The largest absolute Gasteiger partial charge is 0.368 e. The van der Waals surface area contributed by atoms with E-state index in [1.165, 1.54) is 5.56 Å². The molecule has 196 valence electrons. The number of nitrogens with one attached hydrogen (secondary N) is 1. The number of fused-ring (bicyclic) bond motifs is 1. The Hall–Kier alpha value is -3.52. The van der Waals surface area contributed by atoms with Crippen LogP contribution in [0.15, 0.2) is 36.4 Å². The van der Waals surface area contributed by atoms with Gasteiger partial charge in [-0.3, -0.25) is 14.5 Å². The first-order chi connectivity index (χ1) is 17.5. The van der Waals surface area contributed by atoms with Crippen molar-refractivity contribution in [3.63, 3.8) is 0 Å². The molecule has 1 fully saturated rings. The number of hydrogen-bond donors (Lipinski definition) is 2. The van der Waals surface area contributed by atoms with Crippen LogP contribution in [0.25, 0.3) is 10.9 Å². The van der Waals surface area contributed by atoms with E-state index in [-0.39, 0.29) is 17.9 Å². The van der Waals surface area contributed by atoms with Gasteiger partial charge in [0.2, 0.25) is 5.91 Å². The Labute approximate surface area is 219 Å². The van der Waals surface area contributed by atoms with Gasteiger partial charge in [-0.1, -0.05) is 43.7 Å². The number of nitrogens with zero attached hydrogens (tertiary/aromatic N) is 4. The first-order valence-corrected chi connectivity index (χ1v) is 13.0. The third kappa shape index (κ3) is 5.74. The molecule has 0 saturated carbocycles. The highest BCUT2D eigenvalue weighted by molar-refractivity contribution is 5.97. The van der Waals surface area contributed by atoms with Crippen LogP contribution in [-0.2, 0) is 11.3 Å². The number of nitrogens with two attached hydrogens (primary N) is 1. The summed E-state index contributed by atoms with van der Waals surface area (Å²) in [6, 6.07) is 11.5. The van der Waals surface area contributed by atoms with E-state index in [1.807, 2.05) is 56.9 Å². The van der Waals surface area contributed by atoms with Gasteiger partial charge >= 0.3 is 0 Å². The van der Waals surface area contributed by atoms with E-state index in [2.05, 4.69) is 36.2 Å². The number of rotatable bonds is 7. The van der Waals surface area contributed by atoms with E-state index in [0.29, 0.717) is 31.3 Å². The molecule has 0 unspecified atom stereocenters. The normalized spacial score (nSPS) is 17.3. The summed E-state index contributed by atoms with van der Waals surface area (Å²) in [6.07, 6.45) is 0. The fourth-order valence-corrected chi connectivity index (χ4v) is 5.29. The maximum atomic E-state index is 13.4. The number of primary amides is 1. The van der Waals surface area contributed by atoms with Crippen LogP contribution in [0.2, 0.25) is 0 Å². The highest BCUT2D eigenvalue weighted by Crippen LogP contribution is 2.25. The summed E-state index contributed by atoms with van der Waals surface area (Å²) in [5, 5.41) is 4.12. The number of benzene rings is 2. The molecule has 4 rings (SSSR count). The first-order valence-electron chi connectivity index (χ1n) is 13.0. The lowest BCUT2D eigenvalue weighted by Gasteiger charge is -2.40. The Morgan fingerprint density at radius 3 is 2.38 bits per heavy atom. The molecule has 8 heteroatoms. The maximum absolute atomic E-state index is 13.4. The number of anilines is 1. The molecule has 2 amide bonds. The second-order valence-electron chi connectivity index (χ2n) is 10.6. The summed E-state index contributed by atoms with van der Waals surface area (Å²) in [5.74, 6) is 0.991. The highest BCUT2D eigenvalue weighted by atomic mass is 16.2. The van der Waals surface area contributed by atoms with Crippen molar-refractivity contribution in [3.8, 4) is 0 Å². The Morgan fingerprint density at radius 2 is 1.76 bits per heavy atom. The molecule has 3 N–H and O–H groups in total. The van der Waals surface area contributed by atoms with Gasteiger partial charge in [-0.2, -0.15) is 0 Å². The number of amides is 2. The predicted octanol–water partition coefficient (Wildman–Crippen LogP) is 3.82. The molecule has 37 heavy (non-hydrogen) atoms. The van der Waals surface area contributed by atoms with Gasteiger partial charge in [0.15, 0.2) is 0 Å². The lowest BCUT2D eigenvalue weighted by Crippen LogP contribution is -2.53. The summed E-state index contributed by atoms with van der Waals surface area (Å²) >= 11 is 0. The van der Waals surface area contributed by atoms with Gasteiger partial charge in [0.05, 0.1) is 12.1 Å². The summed E-state index contributed by atoms with van der Waals surface area (Å²) in [6.45, 7) is 14.7. The standard InChI is InChI=1S/C29H38N6O2/c1-17(2)26(27(30)36)33-28-22-9-7-8-10-23(22)31-24(32-28)16-34-11-12-35(15-21(34)6)29(37)25-19(4)13-18(3)14-20(25)5/h7-10,13-14,17,21,26H,11-12,15-16H2,1-6H3,(H2,30,36)(H,31,32,33)/t21-,26-/m0/s1. The molecule has 1 aliphatic heterocycles. The molecule has 2 aromatic carbocycles. The van der Waals surface area contributed by atoms with Crippen molar-refractivity contribution < 1.29 is 9.59 Å². The molecule has 2 heterocycles. The molecule has 0 radical (unpaired) electrons. The Balaban J connectivity index is 1.53. The Morgan fingerprint density at radius 1 is 1.08 bits per heavy atom. The van der Waals surface area contributed by atoms with Gasteiger partial charge in [0.1, 0.15) is 17.7 Å². The molecule has 1 saturated heterocycles. The number of aryl methyl sites for hydroxylation is 3. The quantitative estimate of drug-likeness (QED) is 0.509. The van der Waals surface area contributed by atoms with Crippen molar-refractivity contribution in [3.05, 3.63) is 64.5 Å². The zero-order valence-corrected chi connectivity index (χ0v) is 22.7. The van der Waals surface area contributed by atoms with Crippen LogP contribution < -0.4 is 11.1 Å². The summed E-state index contributed by atoms with van der Waals surface area (Å²) in [7, 11) is 0. The fourth-order valence-electron chi connectivity index (χ4n) is 5.29. The van der Waals surface area contributed by atoms with E-state index in [1.54, 1.807) is 0 Å². The second kappa shape index (κ2) is 10.8. The molecule has 2 atom stereocenters. The van der Waals surface area contributed by atoms with Crippen LogP contribution in [0, 0.1) is 26.7 Å². The van der Waals surface area contributed by atoms with Crippen LogP contribution in [-0.4, -0.2) is 63.3 Å². The van der Waals surface area contributed by atoms with E-state index < -0.39 is 11.9 Å². The van der Waals surface area contributed by atoms with Crippen molar-refractivity contribution in [1.82, 2.24) is 19.8 Å². The van der Waals surface area contributed by atoms with E-state index in [4.69, 9.17) is 15.7 Å². The average Bonchev–Trinajstić information content (AvgIpc) is 2.82. The monoisotopic (exact) mass is 502 g/mol. The molecule has 0 spiro atoms. The van der Waals surface area contributed by atoms with Gasteiger partial charge in [-0.05, 0) is 56.9 Å². The van der Waals surface area contributed by atoms with Crippen LogP contribution in [0.4, 0.5) is 5.82 Å². The number of piperazine rings is 1. The van der Waals surface area contributed by atoms with Crippen molar-refractivity contribution in [2.75, 3.05) is 25.0 Å². The molecule has 0 aliphatic carbocycles. The molecule has 1 aliphatic rings. The molecular formula is C29H38N6O2. The van der Waals surface area contributed by atoms with Crippen molar-refractivity contribution in [2.24, 2.45) is 11.7 Å². The van der Waals surface area contributed by atoms with Crippen LogP contribution in [0.1, 0.15) is 53.6 Å². The van der Waals surface area contributed by atoms with Crippen LogP contribution in [0.5, 0.6) is 0 Å². The minimum absolute atomic E-state index is 0.0149. The number of carbonyl (C=O) groups is 2. The van der Waals surface area contributed by atoms with Crippen LogP contribution >= 0.6 is 0 Å². The van der Waals surface area contributed by atoms with E-state index >= 15 is 0 Å². The number of hydrogen-bond acceptors (Lipinski definition) is 6. The Bertz CT molecular complexity index is 1300. The molecule has 1 aromatic heterocycles. The predicted molar refractivity (Wildman–Crippen MR) is 147 cm³/mol. The van der Waals surface area contributed by atoms with Gasteiger partial charge in [0, 0.05) is 36.6 Å². The van der Waals surface area contributed by atoms with Gasteiger partial charge < -0.3 is 16.0 Å². The summed E-state index contributed by atoms with van der Waals surface area (Å²) in [5.41, 5.74) is 10.5. The van der Waals surface area contributed by atoms with Gasteiger partial charge in [-0.15, -0.1) is 0 Å². The minimum Gasteiger partial charge on any atom is -0.368 e. The minimum atomic E-state index is -0.534. The van der Waals surface area contributed by atoms with Crippen LogP contribution in [0.3, 0.4) is 0 Å².